The molecule has 3 N–H and O–H groups in total. The van der Waals surface area contributed by atoms with Crippen LogP contribution in [0.4, 0.5) is 0 Å². The van der Waals surface area contributed by atoms with Gasteiger partial charge in [-0.15, -0.1) is 0 Å². The minimum absolute atomic E-state index is 0.189. The molecule has 1 fully saturated rings. The lowest BCUT2D eigenvalue weighted by Gasteiger charge is -2.27. The fourth-order valence-corrected chi connectivity index (χ4v) is 7.40. The van der Waals surface area contributed by atoms with Crippen molar-refractivity contribution in [2.75, 3.05) is 25.6 Å². The number of carbonyl (C=O) groups excluding carboxylic acids is 1. The fourth-order valence-electron chi connectivity index (χ4n) is 3.79. The highest BCUT2D eigenvalue weighted by Crippen LogP contribution is 2.56. The normalized spacial score (nSPS) is 26.6. The van der Waals surface area contributed by atoms with Gasteiger partial charge in [-0.05, 0) is 34.6 Å². The third-order valence-electron chi connectivity index (χ3n) is 5.49. The molecular weight excluding hydrogens is 513 g/mol. The summed E-state index contributed by atoms with van der Waals surface area (Å²) in [4.78, 5) is 25.0. The number of hydrogen-bond donors (Lipinski definition) is 3. The number of hydrogen-bond acceptors (Lipinski definition) is 12. The van der Waals surface area contributed by atoms with Gasteiger partial charge in [0.2, 0.25) is 5.88 Å². The van der Waals surface area contributed by atoms with E-state index >= 15 is 0 Å². The number of nitrogens with one attached hydrogen (secondary N) is 1. The predicted octanol–water partition coefficient (Wildman–Crippen LogP) is 1.96. The maximum absolute atomic E-state index is 13.4. The van der Waals surface area contributed by atoms with E-state index in [2.05, 4.69) is 20.0 Å². The van der Waals surface area contributed by atoms with E-state index in [1.807, 2.05) is 6.92 Å². The van der Waals surface area contributed by atoms with Crippen molar-refractivity contribution in [3.63, 3.8) is 0 Å². The minimum Gasteiger partial charge on any atom is -0.476 e. The summed E-state index contributed by atoms with van der Waals surface area (Å²) in [6, 6.07) is -0.875. The van der Waals surface area contributed by atoms with Gasteiger partial charge in [0.15, 0.2) is 17.4 Å². The average Bonchev–Trinajstić information content (AvgIpc) is 3.31. The van der Waals surface area contributed by atoms with Gasteiger partial charge in [-0.1, -0.05) is 18.3 Å². The molecule has 0 saturated carbocycles. The standard InChI is InChI=1S/C21H34N5O8PS/c1-7-31-18-15-17(23-13(5)24-18)26(11-22-15)20-21(6,29)16(27)14(34-20)10-33-35(30,36-9-3)25-12(4)19(28)32-8-2/h11-12,14,16,20,27,29H,7-10H2,1-6H3,(H,25,30)/t12?,14-,16-,20-,21-,35?/m1/s1. The zero-order valence-electron chi connectivity index (χ0n) is 21.2. The number of aliphatic hydroxyl groups is 2. The summed E-state index contributed by atoms with van der Waals surface area (Å²) in [5.74, 6) is 0.617. The maximum atomic E-state index is 13.4. The van der Waals surface area contributed by atoms with E-state index in [0.29, 0.717) is 35.2 Å². The molecule has 1 saturated heterocycles. The van der Waals surface area contributed by atoms with Crippen LogP contribution in [0.15, 0.2) is 6.33 Å². The van der Waals surface area contributed by atoms with E-state index in [1.54, 1.807) is 20.8 Å². The molecule has 15 heteroatoms. The zero-order chi connectivity index (χ0) is 26.7. The number of fused-ring (bicyclic) bond motifs is 1. The van der Waals surface area contributed by atoms with Gasteiger partial charge >= 0.3 is 12.7 Å². The molecule has 0 amide bonds. The molecule has 0 bridgehead atoms. The highest BCUT2D eigenvalue weighted by atomic mass is 32.7. The lowest BCUT2D eigenvalue weighted by atomic mass is 9.96. The number of aryl methyl sites for hydroxylation is 1. The molecule has 0 radical (unpaired) electrons. The van der Waals surface area contributed by atoms with Crippen molar-refractivity contribution in [2.45, 2.75) is 71.6 Å². The first-order valence-corrected chi connectivity index (χ1v) is 14.9. The van der Waals surface area contributed by atoms with Crippen LogP contribution >= 0.6 is 18.1 Å². The average molecular weight is 548 g/mol. The first kappa shape index (κ1) is 28.8. The Morgan fingerprint density at radius 2 is 2.08 bits per heavy atom. The van der Waals surface area contributed by atoms with Crippen LogP contribution in [-0.2, 0) is 23.4 Å². The van der Waals surface area contributed by atoms with Crippen LogP contribution in [0, 0.1) is 6.92 Å². The van der Waals surface area contributed by atoms with Gasteiger partial charge in [-0.2, -0.15) is 4.98 Å². The summed E-state index contributed by atoms with van der Waals surface area (Å²) in [5, 5.41) is 24.8. The number of esters is 1. The number of nitrogens with zero attached hydrogens (tertiary/aromatic N) is 4. The van der Waals surface area contributed by atoms with E-state index in [0.717, 1.165) is 11.4 Å². The SMILES string of the molecule is CCOC(=O)C(C)NP(=O)(OC[C@H]1O[C@@H](n2cnc3c(OCC)nc(C)nc32)[C@](C)(O)[C@@H]1O)SCC. The summed E-state index contributed by atoms with van der Waals surface area (Å²) < 4.78 is 37.0. The second-order valence-electron chi connectivity index (χ2n) is 8.34. The van der Waals surface area contributed by atoms with Gasteiger partial charge in [0.25, 0.3) is 0 Å². The molecule has 3 rings (SSSR count). The highest BCUT2D eigenvalue weighted by Gasteiger charge is 2.54. The summed E-state index contributed by atoms with van der Waals surface area (Å²) in [6.45, 7) is 6.62. The van der Waals surface area contributed by atoms with Gasteiger partial charge in [-0.3, -0.25) is 13.9 Å². The molecule has 202 valence electrons. The van der Waals surface area contributed by atoms with E-state index in [9.17, 15) is 19.6 Å². The van der Waals surface area contributed by atoms with E-state index in [1.165, 1.54) is 24.7 Å². The Bertz CT molecular complexity index is 1120. The smallest absolute Gasteiger partial charge is 0.327 e. The Labute approximate surface area is 213 Å². The zero-order valence-corrected chi connectivity index (χ0v) is 22.9. The lowest BCUT2D eigenvalue weighted by Crippen LogP contribution is -2.44. The van der Waals surface area contributed by atoms with Gasteiger partial charge < -0.3 is 28.9 Å². The molecule has 2 unspecified atom stereocenters. The number of imidazole rings is 1. The van der Waals surface area contributed by atoms with Crippen molar-refractivity contribution in [3.05, 3.63) is 12.2 Å². The van der Waals surface area contributed by atoms with E-state index in [-0.39, 0.29) is 13.2 Å². The lowest BCUT2D eigenvalue weighted by molar-refractivity contribution is -0.144. The number of carbonyl (C=O) groups is 1. The molecule has 2 aromatic heterocycles. The van der Waals surface area contributed by atoms with E-state index in [4.69, 9.17) is 18.7 Å². The first-order valence-electron chi connectivity index (χ1n) is 11.7. The van der Waals surface area contributed by atoms with Crippen molar-refractivity contribution in [3.8, 4) is 5.88 Å². The maximum Gasteiger partial charge on any atom is 0.327 e. The van der Waals surface area contributed by atoms with Crippen LogP contribution < -0.4 is 9.82 Å². The fraction of sp³-hybridized carbons (Fsp3) is 0.714. The quantitative estimate of drug-likeness (QED) is 0.261. The van der Waals surface area contributed by atoms with Gasteiger partial charge in [0.05, 0.1) is 26.1 Å². The summed E-state index contributed by atoms with van der Waals surface area (Å²) in [5.41, 5.74) is -1.01. The molecule has 1 aliphatic heterocycles. The molecule has 13 nitrogen and oxygen atoms in total. The second kappa shape index (κ2) is 11.7. The third kappa shape index (κ3) is 6.01. The number of aliphatic hydroxyl groups excluding tert-OH is 1. The molecule has 2 aromatic rings. The van der Waals surface area contributed by atoms with E-state index < -0.39 is 42.8 Å². The van der Waals surface area contributed by atoms with Crippen LogP contribution in [-0.4, -0.2) is 85.1 Å². The van der Waals surface area contributed by atoms with Crippen molar-refractivity contribution in [1.29, 1.82) is 0 Å². The first-order chi connectivity index (χ1) is 17.0. The number of rotatable bonds is 12. The Morgan fingerprint density at radius 1 is 1.36 bits per heavy atom. The third-order valence-corrected chi connectivity index (χ3v) is 9.71. The molecule has 3 heterocycles. The second-order valence-corrected chi connectivity index (χ2v) is 12.9. The molecule has 0 aliphatic carbocycles. The van der Waals surface area contributed by atoms with Crippen molar-refractivity contribution in [2.24, 2.45) is 0 Å². The van der Waals surface area contributed by atoms with Crippen LogP contribution in [0.2, 0.25) is 0 Å². The van der Waals surface area contributed by atoms with Gasteiger partial charge in [0, 0.05) is 5.75 Å². The summed E-state index contributed by atoms with van der Waals surface area (Å²) in [6.07, 6.45) is -2.09. The minimum atomic E-state index is -3.58. The Kier molecular flexibility index (Phi) is 9.36. The molecule has 1 aliphatic rings. The highest BCUT2D eigenvalue weighted by molar-refractivity contribution is 8.56. The van der Waals surface area contributed by atoms with Crippen molar-refractivity contribution < 1.29 is 38.3 Å². The Balaban J connectivity index is 1.81. The Hall–Kier alpha value is -1.80. The van der Waals surface area contributed by atoms with Crippen molar-refractivity contribution >= 4 is 35.2 Å². The summed E-state index contributed by atoms with van der Waals surface area (Å²) in [7, 11) is 0. The predicted molar refractivity (Wildman–Crippen MR) is 133 cm³/mol. The molecular formula is C21H34N5O8PS. The Morgan fingerprint density at radius 3 is 2.72 bits per heavy atom. The van der Waals surface area contributed by atoms with Crippen LogP contribution in [0.3, 0.4) is 0 Å². The molecule has 0 aromatic carbocycles. The van der Waals surface area contributed by atoms with Crippen LogP contribution in [0.1, 0.15) is 46.7 Å². The topological polar surface area (TPSA) is 167 Å². The number of ether oxygens (including phenoxy) is 3. The van der Waals surface area contributed by atoms with Crippen molar-refractivity contribution in [1.82, 2.24) is 24.6 Å². The van der Waals surface area contributed by atoms with Gasteiger partial charge in [0.1, 0.15) is 29.7 Å². The largest absolute Gasteiger partial charge is 0.476 e. The monoisotopic (exact) mass is 547 g/mol. The van der Waals surface area contributed by atoms with Gasteiger partial charge in [-0.25, -0.2) is 15.1 Å². The summed E-state index contributed by atoms with van der Waals surface area (Å²) >= 11 is 1.00. The molecule has 6 atom stereocenters. The molecule has 0 spiro atoms. The van der Waals surface area contributed by atoms with Crippen LogP contribution in [0.25, 0.3) is 11.2 Å². The molecule has 36 heavy (non-hydrogen) atoms. The van der Waals surface area contributed by atoms with Crippen LogP contribution in [0.5, 0.6) is 5.88 Å². The number of aromatic nitrogens is 4.